The van der Waals surface area contributed by atoms with Gasteiger partial charge >= 0.3 is 65.1 Å². The van der Waals surface area contributed by atoms with Crippen molar-refractivity contribution in [1.82, 2.24) is 0 Å². The van der Waals surface area contributed by atoms with Crippen LogP contribution in [0.25, 0.3) is 0 Å². The summed E-state index contributed by atoms with van der Waals surface area (Å²) in [5.74, 6) is 0. The molecule has 0 saturated carbocycles. The topological polar surface area (TPSA) is 83.8 Å². The van der Waals surface area contributed by atoms with Crippen LogP contribution in [0.1, 0.15) is 0 Å². The molecular formula is CH3BF3KO4. The first-order chi connectivity index (χ1) is 3.73. The average molecular weight is 186 g/mol. The summed E-state index contributed by atoms with van der Waals surface area (Å²) in [5, 5.41) is 29.6. The van der Waals surface area contributed by atoms with E-state index in [1.54, 1.807) is 0 Å². The molecule has 0 rings (SSSR count). The summed E-state index contributed by atoms with van der Waals surface area (Å²) in [6, 6.07) is 0. The van der Waals surface area contributed by atoms with Crippen LogP contribution >= 0.6 is 0 Å². The summed E-state index contributed by atoms with van der Waals surface area (Å²) in [4.78, 5) is 0. The maximum atomic E-state index is 9.80. The second-order valence-corrected chi connectivity index (χ2v) is 0.792. The molecule has 0 aliphatic carbocycles. The van der Waals surface area contributed by atoms with E-state index in [4.69, 9.17) is 20.2 Å². The second kappa shape index (κ2) is 8.43. The van der Waals surface area contributed by atoms with E-state index in [0.29, 0.717) is 0 Å². The summed E-state index contributed by atoms with van der Waals surface area (Å²) in [6.45, 7) is 0. The van der Waals surface area contributed by atoms with Crippen LogP contribution < -0.4 is 56.5 Å². The first-order valence-corrected chi connectivity index (χ1v) is 1.55. The first-order valence-electron chi connectivity index (χ1n) is 1.55. The Morgan fingerprint density at radius 2 is 1.10 bits per heavy atom. The molecule has 56 valence electrons. The zero-order chi connectivity index (χ0) is 8.08. The number of rotatable bonds is 0. The molecule has 0 aromatic rings. The van der Waals surface area contributed by atoms with E-state index >= 15 is 0 Å². The molecule has 9 heteroatoms. The minimum absolute atomic E-state index is 0. The van der Waals surface area contributed by atoms with Crippen LogP contribution in [0.15, 0.2) is 0 Å². The molecular weight excluding hydrogens is 183 g/mol. The third-order valence-electron chi connectivity index (χ3n) is 0. The molecule has 0 aliphatic rings. The molecule has 0 aromatic carbocycles. The van der Waals surface area contributed by atoms with Gasteiger partial charge in [-0.1, -0.05) is 0 Å². The van der Waals surface area contributed by atoms with Crippen molar-refractivity contribution >= 4 is 7.32 Å². The Balaban J connectivity index is -0.0000000910. The van der Waals surface area contributed by atoms with Crippen molar-refractivity contribution in [3.63, 3.8) is 0 Å². The molecule has 0 unspecified atom stereocenters. The summed E-state index contributed by atoms with van der Waals surface area (Å²) in [7, 11) is -2.17. The monoisotopic (exact) mass is 186 g/mol. The van der Waals surface area contributed by atoms with Gasteiger partial charge in [0.25, 0.3) is 0 Å². The Hall–Kier alpha value is 1.33. The minimum atomic E-state index is -5.25. The quantitative estimate of drug-likeness (QED) is 0.330. The average Bonchev–Trinajstić information content (AvgIpc) is 1.19. The van der Waals surface area contributed by atoms with Gasteiger partial charge in [0.15, 0.2) is 0 Å². The number of alkyl halides is 3. The Morgan fingerprint density at radius 3 is 1.10 bits per heavy atom. The maximum Gasteiger partial charge on any atom is 1.00 e. The normalized spacial score (nSPS) is 8.70. The molecule has 0 saturated heterocycles. The minimum Gasteiger partial charge on any atom is -0.771 e. The van der Waals surface area contributed by atoms with Crippen LogP contribution in [0.5, 0.6) is 0 Å². The Bertz CT molecular complexity index is 57.3. The smallest absolute Gasteiger partial charge is 0.771 e. The van der Waals surface area contributed by atoms with E-state index in [0.717, 1.165) is 0 Å². The zero-order valence-electron chi connectivity index (χ0n) is 4.96. The summed E-state index contributed by atoms with van der Waals surface area (Å²) >= 11 is 0. The third-order valence-corrected chi connectivity index (χ3v) is 0. The molecule has 0 radical (unpaired) electrons. The molecule has 0 heterocycles. The summed E-state index contributed by atoms with van der Waals surface area (Å²) < 4.78 is 29.4. The van der Waals surface area contributed by atoms with Crippen LogP contribution in [0.3, 0.4) is 0 Å². The number of halogens is 3. The molecule has 4 nitrogen and oxygen atoms in total. The standard InChI is InChI=1S/CF3O.BH3O3.K/c2-1(3,4)5;2-1(3)4;/h;2-4H;/q-1;;+1. The summed E-state index contributed by atoms with van der Waals surface area (Å²) in [6.07, 6.45) is -5.25. The fourth-order valence-corrected chi connectivity index (χ4v) is 0. The van der Waals surface area contributed by atoms with Crippen molar-refractivity contribution in [3.8, 4) is 0 Å². The van der Waals surface area contributed by atoms with Gasteiger partial charge in [0.2, 0.25) is 0 Å². The maximum absolute atomic E-state index is 9.80. The van der Waals surface area contributed by atoms with Gasteiger partial charge in [-0.2, -0.15) is 13.2 Å². The largest absolute Gasteiger partial charge is 1.00 e. The molecule has 0 amide bonds. The Morgan fingerprint density at radius 1 is 1.10 bits per heavy atom. The van der Waals surface area contributed by atoms with E-state index in [-0.39, 0.29) is 51.4 Å². The van der Waals surface area contributed by atoms with Crippen molar-refractivity contribution in [3.05, 3.63) is 0 Å². The SMILES string of the molecule is OB(O)O.[K+].[O-]C(F)(F)F. The van der Waals surface area contributed by atoms with Crippen molar-refractivity contribution in [2.45, 2.75) is 6.36 Å². The van der Waals surface area contributed by atoms with E-state index in [2.05, 4.69) is 0 Å². The van der Waals surface area contributed by atoms with Gasteiger partial charge in [0.05, 0.1) is 0 Å². The van der Waals surface area contributed by atoms with Crippen LogP contribution in [0.4, 0.5) is 13.2 Å². The molecule has 0 bridgehead atoms. The fraction of sp³-hybridized carbons (Fsp3) is 1.00. The van der Waals surface area contributed by atoms with E-state index in [1.807, 2.05) is 0 Å². The molecule has 0 spiro atoms. The molecule has 0 fully saturated rings. The first kappa shape index (κ1) is 17.4. The van der Waals surface area contributed by atoms with Gasteiger partial charge in [-0.05, 0) is 0 Å². The van der Waals surface area contributed by atoms with Crippen LogP contribution in [0.2, 0.25) is 0 Å². The van der Waals surface area contributed by atoms with Crippen molar-refractivity contribution in [2.24, 2.45) is 0 Å². The Labute approximate surface area is 97.3 Å². The second-order valence-electron chi connectivity index (χ2n) is 0.792. The van der Waals surface area contributed by atoms with Gasteiger partial charge in [-0.25, -0.2) is 0 Å². The van der Waals surface area contributed by atoms with Gasteiger partial charge < -0.3 is 20.2 Å². The van der Waals surface area contributed by atoms with E-state index in [1.165, 1.54) is 0 Å². The van der Waals surface area contributed by atoms with Gasteiger partial charge in [0.1, 0.15) is 0 Å². The zero-order valence-corrected chi connectivity index (χ0v) is 8.08. The number of hydrogen-bond acceptors (Lipinski definition) is 4. The van der Waals surface area contributed by atoms with E-state index in [9.17, 15) is 13.2 Å². The predicted molar refractivity (Wildman–Crippen MR) is 18.5 cm³/mol. The van der Waals surface area contributed by atoms with Gasteiger partial charge in [-0.15, -0.1) is 0 Å². The molecule has 0 atom stereocenters. The molecule has 0 aromatic heterocycles. The van der Waals surface area contributed by atoms with Gasteiger partial charge in [-0.3, -0.25) is 0 Å². The molecule has 10 heavy (non-hydrogen) atoms. The van der Waals surface area contributed by atoms with Crippen molar-refractivity contribution < 1.29 is 84.7 Å². The fourth-order valence-electron chi connectivity index (χ4n) is 0. The van der Waals surface area contributed by atoms with Crippen molar-refractivity contribution in [2.75, 3.05) is 0 Å². The summed E-state index contributed by atoms with van der Waals surface area (Å²) in [5.41, 5.74) is 0. The Kier molecular flexibility index (Phi) is 14.7. The van der Waals surface area contributed by atoms with Crippen molar-refractivity contribution in [1.29, 1.82) is 0 Å². The van der Waals surface area contributed by atoms with Crippen LogP contribution in [-0.4, -0.2) is 28.8 Å². The van der Waals surface area contributed by atoms with Crippen LogP contribution in [0, 0.1) is 0 Å². The number of hydrogen-bond donors (Lipinski definition) is 3. The van der Waals surface area contributed by atoms with Crippen LogP contribution in [-0.2, 0) is 0 Å². The molecule has 0 aliphatic heterocycles. The predicted octanol–water partition coefficient (Wildman–Crippen LogP) is -5.18. The van der Waals surface area contributed by atoms with E-state index < -0.39 is 13.7 Å². The molecule has 3 N–H and O–H groups in total. The van der Waals surface area contributed by atoms with Gasteiger partial charge in [0, 0.05) is 0 Å². The third kappa shape index (κ3) is 365.